The predicted molar refractivity (Wildman–Crippen MR) is 91.9 cm³/mol. The number of ether oxygens (including phenoxy) is 2. The number of carbonyl (C=O) groups is 1. The van der Waals surface area contributed by atoms with Gasteiger partial charge in [-0.25, -0.2) is 0 Å². The lowest BCUT2D eigenvalue weighted by molar-refractivity contribution is -0.122. The van der Waals surface area contributed by atoms with Gasteiger partial charge in [0.1, 0.15) is 11.5 Å². The Morgan fingerprint density at radius 3 is 2.52 bits per heavy atom. The van der Waals surface area contributed by atoms with Gasteiger partial charge in [0.2, 0.25) is 0 Å². The summed E-state index contributed by atoms with van der Waals surface area (Å²) in [7, 11) is 1.54. The summed E-state index contributed by atoms with van der Waals surface area (Å²) in [5.74, 6) is 0.935. The first kappa shape index (κ1) is 16.7. The van der Waals surface area contributed by atoms with Gasteiger partial charge in [-0.15, -0.1) is 0 Å². The minimum Gasteiger partial charge on any atom is -0.495 e. The van der Waals surface area contributed by atoms with E-state index in [9.17, 15) is 4.79 Å². The molecule has 0 radical (unpaired) electrons. The van der Waals surface area contributed by atoms with Crippen LogP contribution in [0, 0.1) is 0 Å². The molecule has 23 heavy (non-hydrogen) atoms. The first-order valence-electron chi connectivity index (χ1n) is 7.53. The van der Waals surface area contributed by atoms with Crippen LogP contribution in [-0.4, -0.2) is 19.1 Å². The zero-order valence-corrected chi connectivity index (χ0v) is 13.6. The molecular weight excluding hydrogens is 292 g/mol. The van der Waals surface area contributed by atoms with E-state index in [1.165, 1.54) is 12.7 Å². The molecule has 2 aromatic carbocycles. The Labute approximate surface area is 136 Å². The second-order valence-corrected chi connectivity index (χ2v) is 5.21. The Morgan fingerprint density at radius 1 is 1.22 bits per heavy atom. The highest BCUT2D eigenvalue weighted by Gasteiger charge is 2.17. The maximum absolute atomic E-state index is 12.3. The first-order chi connectivity index (χ1) is 11.0. The zero-order valence-electron chi connectivity index (χ0n) is 13.6. The number of amides is 1. The summed E-state index contributed by atoms with van der Waals surface area (Å²) in [5, 5.41) is 2.78. The van der Waals surface area contributed by atoms with E-state index >= 15 is 0 Å². The number of carbonyl (C=O) groups excluding carboxylic acids is 1. The third kappa shape index (κ3) is 4.39. The molecule has 5 nitrogen and oxygen atoms in total. The maximum atomic E-state index is 12.3. The number of benzene rings is 2. The summed E-state index contributed by atoms with van der Waals surface area (Å²) in [6.45, 7) is 3.78. The molecule has 0 aliphatic heterocycles. The number of nitrogen functional groups attached to an aromatic ring is 1. The van der Waals surface area contributed by atoms with Gasteiger partial charge >= 0.3 is 0 Å². The number of hydrogen-bond acceptors (Lipinski definition) is 4. The Bertz CT molecular complexity index is 668. The fraction of sp³-hybridized carbons (Fsp3) is 0.278. The van der Waals surface area contributed by atoms with Gasteiger partial charge in [-0.05, 0) is 49.2 Å². The topological polar surface area (TPSA) is 73.6 Å². The highest BCUT2D eigenvalue weighted by molar-refractivity contribution is 5.95. The number of rotatable bonds is 6. The molecule has 0 saturated heterocycles. The van der Waals surface area contributed by atoms with Crippen LogP contribution in [0.25, 0.3) is 0 Å². The second-order valence-electron chi connectivity index (χ2n) is 5.21. The lowest BCUT2D eigenvalue weighted by Crippen LogP contribution is -2.30. The summed E-state index contributed by atoms with van der Waals surface area (Å²) >= 11 is 0. The van der Waals surface area contributed by atoms with Crippen LogP contribution in [0.15, 0.2) is 42.5 Å². The molecule has 0 aliphatic rings. The number of anilines is 2. The smallest absolute Gasteiger partial charge is 0.265 e. The van der Waals surface area contributed by atoms with Crippen molar-refractivity contribution in [3.8, 4) is 11.5 Å². The molecular formula is C18H22N2O3. The average Bonchev–Trinajstić information content (AvgIpc) is 2.55. The van der Waals surface area contributed by atoms with Gasteiger partial charge in [0, 0.05) is 5.69 Å². The summed E-state index contributed by atoms with van der Waals surface area (Å²) in [6.07, 6.45) is 0.319. The molecule has 0 saturated carbocycles. The molecule has 0 aromatic heterocycles. The molecule has 0 bridgehead atoms. The van der Waals surface area contributed by atoms with E-state index in [0.717, 1.165) is 6.42 Å². The molecule has 0 spiro atoms. The number of nitrogens with one attached hydrogen (secondary N) is 1. The summed E-state index contributed by atoms with van der Waals surface area (Å²) in [5.41, 5.74) is 8.04. The van der Waals surface area contributed by atoms with E-state index in [1.807, 2.05) is 24.3 Å². The minimum atomic E-state index is -0.645. The van der Waals surface area contributed by atoms with Crippen molar-refractivity contribution in [1.29, 1.82) is 0 Å². The number of hydrogen-bond donors (Lipinski definition) is 2. The number of nitrogens with two attached hydrogens (primary N) is 1. The van der Waals surface area contributed by atoms with E-state index < -0.39 is 6.10 Å². The zero-order chi connectivity index (χ0) is 16.8. The Hall–Kier alpha value is -2.69. The average molecular weight is 314 g/mol. The second kappa shape index (κ2) is 7.54. The standard InChI is InChI=1S/C18H22N2O3/c1-4-13-5-8-15(9-6-13)23-12(2)18(21)20-16-11-14(19)7-10-17(16)22-3/h5-12H,4,19H2,1-3H3,(H,20,21)/t12-/m0/s1. The van der Waals surface area contributed by atoms with Crippen LogP contribution in [0.5, 0.6) is 11.5 Å². The Kier molecular flexibility index (Phi) is 5.46. The van der Waals surface area contributed by atoms with Crippen LogP contribution < -0.4 is 20.5 Å². The van der Waals surface area contributed by atoms with Crippen LogP contribution in [-0.2, 0) is 11.2 Å². The van der Waals surface area contributed by atoms with E-state index in [1.54, 1.807) is 25.1 Å². The molecule has 0 aliphatic carbocycles. The Morgan fingerprint density at radius 2 is 1.91 bits per heavy atom. The molecule has 1 atom stereocenters. The van der Waals surface area contributed by atoms with Crippen LogP contribution in [0.4, 0.5) is 11.4 Å². The molecule has 5 heteroatoms. The molecule has 122 valence electrons. The van der Waals surface area contributed by atoms with Crippen LogP contribution in [0.3, 0.4) is 0 Å². The molecule has 0 unspecified atom stereocenters. The van der Waals surface area contributed by atoms with Crippen LogP contribution in [0.1, 0.15) is 19.4 Å². The molecule has 0 heterocycles. The van der Waals surface area contributed by atoms with Crippen molar-refractivity contribution >= 4 is 17.3 Å². The highest BCUT2D eigenvalue weighted by atomic mass is 16.5. The summed E-state index contributed by atoms with van der Waals surface area (Å²) in [4.78, 5) is 12.3. The van der Waals surface area contributed by atoms with Crippen LogP contribution in [0.2, 0.25) is 0 Å². The van der Waals surface area contributed by atoms with Crippen molar-refractivity contribution < 1.29 is 14.3 Å². The molecule has 3 N–H and O–H groups in total. The molecule has 0 fully saturated rings. The normalized spacial score (nSPS) is 11.6. The fourth-order valence-corrected chi connectivity index (χ4v) is 2.12. The number of methoxy groups -OCH3 is 1. The molecule has 2 rings (SSSR count). The summed E-state index contributed by atoms with van der Waals surface area (Å²) < 4.78 is 10.9. The van der Waals surface area contributed by atoms with Gasteiger partial charge in [0.05, 0.1) is 12.8 Å². The fourth-order valence-electron chi connectivity index (χ4n) is 2.12. The van der Waals surface area contributed by atoms with E-state index in [4.69, 9.17) is 15.2 Å². The SMILES string of the molecule is CCc1ccc(O[C@@H](C)C(=O)Nc2cc(N)ccc2OC)cc1. The van der Waals surface area contributed by atoms with Crippen molar-refractivity contribution in [3.05, 3.63) is 48.0 Å². The lowest BCUT2D eigenvalue weighted by atomic mass is 10.2. The quantitative estimate of drug-likeness (QED) is 0.803. The van der Waals surface area contributed by atoms with Crippen molar-refractivity contribution in [2.75, 3.05) is 18.2 Å². The van der Waals surface area contributed by atoms with Crippen molar-refractivity contribution in [2.45, 2.75) is 26.4 Å². The van der Waals surface area contributed by atoms with Gasteiger partial charge in [-0.3, -0.25) is 4.79 Å². The van der Waals surface area contributed by atoms with Crippen molar-refractivity contribution in [1.82, 2.24) is 0 Å². The van der Waals surface area contributed by atoms with Gasteiger partial charge < -0.3 is 20.5 Å². The third-order valence-corrected chi connectivity index (χ3v) is 3.50. The van der Waals surface area contributed by atoms with Gasteiger partial charge in [0.15, 0.2) is 6.10 Å². The van der Waals surface area contributed by atoms with Gasteiger partial charge in [0.25, 0.3) is 5.91 Å². The Balaban J connectivity index is 2.03. The summed E-state index contributed by atoms with van der Waals surface area (Å²) in [6, 6.07) is 12.8. The first-order valence-corrected chi connectivity index (χ1v) is 7.53. The van der Waals surface area contributed by atoms with E-state index in [-0.39, 0.29) is 5.91 Å². The van der Waals surface area contributed by atoms with Crippen molar-refractivity contribution in [3.63, 3.8) is 0 Å². The van der Waals surface area contributed by atoms with E-state index in [2.05, 4.69) is 12.2 Å². The van der Waals surface area contributed by atoms with Crippen LogP contribution >= 0.6 is 0 Å². The number of aryl methyl sites for hydroxylation is 1. The molecule has 2 aromatic rings. The highest BCUT2D eigenvalue weighted by Crippen LogP contribution is 2.26. The monoisotopic (exact) mass is 314 g/mol. The molecule has 1 amide bonds. The van der Waals surface area contributed by atoms with E-state index in [0.29, 0.717) is 22.9 Å². The maximum Gasteiger partial charge on any atom is 0.265 e. The third-order valence-electron chi connectivity index (χ3n) is 3.50. The lowest BCUT2D eigenvalue weighted by Gasteiger charge is -2.16. The minimum absolute atomic E-state index is 0.270. The van der Waals surface area contributed by atoms with Crippen molar-refractivity contribution in [2.24, 2.45) is 0 Å². The largest absolute Gasteiger partial charge is 0.495 e. The predicted octanol–water partition coefficient (Wildman–Crippen LogP) is 3.25. The van der Waals surface area contributed by atoms with Gasteiger partial charge in [-0.2, -0.15) is 0 Å². The van der Waals surface area contributed by atoms with Gasteiger partial charge in [-0.1, -0.05) is 19.1 Å².